The molecule has 0 saturated heterocycles. The topological polar surface area (TPSA) is 58.6 Å². The fraction of sp³-hybridized carbons (Fsp3) is 0.310. The number of carbonyl (C=O) groups is 2. The van der Waals surface area contributed by atoms with Crippen LogP contribution in [-0.4, -0.2) is 34.9 Å². The molecule has 184 valence electrons. The molecule has 0 saturated carbocycles. The number of carbonyl (C=O) groups excluding carboxylic acids is 2. The van der Waals surface area contributed by atoms with Gasteiger partial charge in [0.05, 0.1) is 0 Å². The van der Waals surface area contributed by atoms with Crippen molar-refractivity contribution in [3.63, 3.8) is 0 Å². The number of hydrogen-bond acceptors (Lipinski definition) is 3. The van der Waals surface area contributed by atoms with Crippen molar-refractivity contribution in [3.05, 3.63) is 101 Å². The average molecular weight is 493 g/mol. The lowest BCUT2D eigenvalue weighted by molar-refractivity contribution is -0.143. The van der Waals surface area contributed by atoms with Crippen molar-refractivity contribution < 1.29 is 14.3 Å². The van der Waals surface area contributed by atoms with E-state index in [1.165, 1.54) is 0 Å². The van der Waals surface area contributed by atoms with Gasteiger partial charge >= 0.3 is 0 Å². The van der Waals surface area contributed by atoms with E-state index < -0.39 is 11.6 Å². The normalized spacial score (nSPS) is 12.0. The lowest BCUT2D eigenvalue weighted by atomic mass is 10.0. The molecule has 0 heterocycles. The first-order valence-corrected chi connectivity index (χ1v) is 12.1. The molecule has 3 rings (SSSR count). The number of aryl methyl sites for hydroxylation is 1. The van der Waals surface area contributed by atoms with Crippen molar-refractivity contribution in [1.82, 2.24) is 10.2 Å². The van der Waals surface area contributed by atoms with E-state index in [4.69, 9.17) is 16.3 Å². The highest BCUT2D eigenvalue weighted by atomic mass is 35.5. The second-order valence-corrected chi connectivity index (χ2v) is 10.1. The maximum absolute atomic E-state index is 13.6. The molecule has 1 N–H and O–H groups in total. The number of halogens is 1. The smallest absolute Gasteiger partial charge is 0.261 e. The van der Waals surface area contributed by atoms with Crippen molar-refractivity contribution in [2.24, 2.45) is 0 Å². The van der Waals surface area contributed by atoms with Crippen LogP contribution in [0.5, 0.6) is 5.75 Å². The van der Waals surface area contributed by atoms with Crippen molar-refractivity contribution in [2.45, 2.75) is 52.2 Å². The van der Waals surface area contributed by atoms with Gasteiger partial charge in [-0.2, -0.15) is 0 Å². The molecule has 1 unspecified atom stereocenters. The summed E-state index contributed by atoms with van der Waals surface area (Å²) in [6, 6.07) is 23.8. The summed E-state index contributed by atoms with van der Waals surface area (Å²) in [5.74, 6) is 0.0768. The van der Waals surface area contributed by atoms with Crippen molar-refractivity contribution >= 4 is 23.4 Å². The summed E-state index contributed by atoms with van der Waals surface area (Å²) in [7, 11) is 0. The highest BCUT2D eigenvalue weighted by Gasteiger charge is 2.32. The molecule has 0 bridgehead atoms. The molecule has 35 heavy (non-hydrogen) atoms. The van der Waals surface area contributed by atoms with Crippen LogP contribution in [0, 0.1) is 6.92 Å². The van der Waals surface area contributed by atoms with Crippen molar-refractivity contribution in [1.29, 1.82) is 0 Å². The third-order valence-corrected chi connectivity index (χ3v) is 5.82. The summed E-state index contributed by atoms with van der Waals surface area (Å²) in [6.45, 7) is 7.75. The van der Waals surface area contributed by atoms with E-state index in [1.807, 2.05) is 100 Å². The van der Waals surface area contributed by atoms with Gasteiger partial charge in [-0.1, -0.05) is 77.8 Å². The molecular weight excluding hydrogens is 460 g/mol. The van der Waals surface area contributed by atoms with Gasteiger partial charge in [-0.25, -0.2) is 0 Å². The Bertz CT molecular complexity index is 1120. The number of nitrogens with zero attached hydrogens (tertiary/aromatic N) is 1. The zero-order valence-corrected chi connectivity index (χ0v) is 21.5. The van der Waals surface area contributed by atoms with Crippen LogP contribution in [0.4, 0.5) is 0 Å². The molecule has 0 aliphatic rings. The number of nitrogens with one attached hydrogen (secondary N) is 1. The Morgan fingerprint density at radius 2 is 1.57 bits per heavy atom. The molecule has 0 aliphatic carbocycles. The van der Waals surface area contributed by atoms with Gasteiger partial charge in [0, 0.05) is 23.5 Å². The monoisotopic (exact) mass is 492 g/mol. The van der Waals surface area contributed by atoms with Crippen LogP contribution in [0.25, 0.3) is 0 Å². The molecule has 5 nitrogen and oxygen atoms in total. The zero-order valence-electron chi connectivity index (χ0n) is 20.8. The summed E-state index contributed by atoms with van der Waals surface area (Å²) < 4.78 is 5.80. The lowest BCUT2D eigenvalue weighted by Gasteiger charge is -2.34. The summed E-state index contributed by atoms with van der Waals surface area (Å²) in [5.41, 5.74) is 2.37. The van der Waals surface area contributed by atoms with Gasteiger partial charge in [0.15, 0.2) is 6.61 Å². The maximum Gasteiger partial charge on any atom is 0.261 e. The van der Waals surface area contributed by atoms with Gasteiger partial charge in [-0.3, -0.25) is 9.59 Å². The van der Waals surface area contributed by atoms with Gasteiger partial charge in [-0.15, -0.1) is 0 Å². The Morgan fingerprint density at radius 3 is 2.20 bits per heavy atom. The molecule has 6 heteroatoms. The quantitative estimate of drug-likeness (QED) is 0.424. The summed E-state index contributed by atoms with van der Waals surface area (Å²) in [5, 5.41) is 3.59. The predicted molar refractivity (Wildman–Crippen MR) is 141 cm³/mol. The highest BCUT2D eigenvalue weighted by molar-refractivity contribution is 6.31. The Hall–Kier alpha value is -3.31. The van der Waals surface area contributed by atoms with Gasteiger partial charge in [0.1, 0.15) is 11.8 Å². The molecule has 3 aromatic rings. The zero-order chi connectivity index (χ0) is 25.4. The Kier molecular flexibility index (Phi) is 8.94. The number of hydrogen-bond donors (Lipinski definition) is 1. The molecule has 0 spiro atoms. The fourth-order valence-electron chi connectivity index (χ4n) is 3.68. The molecule has 0 aromatic heterocycles. The molecule has 0 radical (unpaired) electrons. The molecule has 0 aliphatic heterocycles. The first kappa shape index (κ1) is 26.3. The first-order valence-electron chi connectivity index (χ1n) is 11.7. The van der Waals surface area contributed by atoms with Crippen LogP contribution < -0.4 is 10.1 Å². The standard InChI is InChI=1S/C29H33ClN2O3/c1-21-14-16-24(17-15-21)35-20-27(33)32(19-23-12-8-9-13-25(23)30)26(28(34)31-29(2,3)4)18-22-10-6-5-7-11-22/h5-17,26H,18-20H2,1-4H3,(H,31,34). The van der Waals surface area contributed by atoms with E-state index in [1.54, 1.807) is 11.0 Å². The largest absolute Gasteiger partial charge is 0.484 e. The van der Waals surface area contributed by atoms with Crippen LogP contribution in [0.3, 0.4) is 0 Å². The summed E-state index contributed by atoms with van der Waals surface area (Å²) >= 11 is 6.44. The van der Waals surface area contributed by atoms with Gasteiger partial charge in [0.2, 0.25) is 5.91 Å². The second-order valence-electron chi connectivity index (χ2n) is 9.66. The molecule has 0 fully saturated rings. The maximum atomic E-state index is 13.6. The average Bonchev–Trinajstić information content (AvgIpc) is 2.81. The van der Waals surface area contributed by atoms with Crippen molar-refractivity contribution in [2.75, 3.05) is 6.61 Å². The number of benzene rings is 3. The minimum absolute atomic E-state index is 0.185. The minimum Gasteiger partial charge on any atom is -0.484 e. The third-order valence-electron chi connectivity index (χ3n) is 5.45. The number of ether oxygens (including phenoxy) is 1. The Balaban J connectivity index is 1.93. The van der Waals surface area contributed by atoms with Gasteiger partial charge in [0.25, 0.3) is 5.91 Å². The highest BCUT2D eigenvalue weighted by Crippen LogP contribution is 2.21. The van der Waals surface area contributed by atoms with Crippen LogP contribution >= 0.6 is 11.6 Å². The Labute approximate surface area is 213 Å². The van der Waals surface area contributed by atoms with E-state index in [0.29, 0.717) is 17.2 Å². The van der Waals surface area contributed by atoms with Crippen LogP contribution in [0.2, 0.25) is 5.02 Å². The number of amides is 2. The fourth-order valence-corrected chi connectivity index (χ4v) is 3.87. The van der Waals surface area contributed by atoms with Gasteiger partial charge in [-0.05, 0) is 57.0 Å². The van der Waals surface area contributed by atoms with Gasteiger partial charge < -0.3 is 15.0 Å². The van der Waals surface area contributed by atoms with E-state index in [2.05, 4.69) is 5.32 Å². The van der Waals surface area contributed by atoms with E-state index in [-0.39, 0.29) is 25.0 Å². The summed E-state index contributed by atoms with van der Waals surface area (Å²) in [6.07, 6.45) is 0.365. The third kappa shape index (κ3) is 8.15. The molecule has 1 atom stereocenters. The second kappa shape index (κ2) is 11.9. The Morgan fingerprint density at radius 1 is 0.943 bits per heavy atom. The van der Waals surface area contributed by atoms with Crippen LogP contribution in [0.1, 0.15) is 37.5 Å². The van der Waals surface area contributed by atoms with E-state index in [0.717, 1.165) is 16.7 Å². The van der Waals surface area contributed by atoms with E-state index in [9.17, 15) is 9.59 Å². The SMILES string of the molecule is Cc1ccc(OCC(=O)N(Cc2ccccc2Cl)C(Cc2ccccc2)C(=O)NC(C)(C)C)cc1. The number of rotatable bonds is 9. The minimum atomic E-state index is -0.748. The van der Waals surface area contributed by atoms with E-state index >= 15 is 0 Å². The first-order chi connectivity index (χ1) is 16.6. The van der Waals surface area contributed by atoms with Crippen molar-refractivity contribution in [3.8, 4) is 5.75 Å². The van der Waals surface area contributed by atoms with Crippen LogP contribution in [0.15, 0.2) is 78.9 Å². The van der Waals surface area contributed by atoms with Crippen LogP contribution in [-0.2, 0) is 22.6 Å². The predicted octanol–water partition coefficient (Wildman–Crippen LogP) is 5.58. The summed E-state index contributed by atoms with van der Waals surface area (Å²) in [4.78, 5) is 28.7. The lowest BCUT2D eigenvalue weighted by Crippen LogP contribution is -2.55. The molecule has 2 amide bonds. The molecule has 3 aromatic carbocycles. The molecular formula is C29H33ClN2O3.